The molecule has 4 nitrogen and oxygen atoms in total. The fraction of sp³-hybridized carbons (Fsp3) is 0.533. The Morgan fingerprint density at radius 3 is 2.74 bits per heavy atom. The lowest BCUT2D eigenvalue weighted by molar-refractivity contribution is -0.124. The average molecular weight is 262 g/mol. The van der Waals surface area contributed by atoms with Crippen LogP contribution >= 0.6 is 0 Å². The third-order valence-corrected chi connectivity index (χ3v) is 4.19. The van der Waals surface area contributed by atoms with Crippen molar-refractivity contribution in [2.45, 2.75) is 33.6 Å². The highest BCUT2D eigenvalue weighted by Gasteiger charge is 2.39. The Bertz CT molecular complexity index is 491. The topological polar surface area (TPSA) is 61.4 Å². The molecule has 1 heterocycles. The van der Waals surface area contributed by atoms with Gasteiger partial charge >= 0.3 is 0 Å². The highest BCUT2D eigenvalue weighted by molar-refractivity contribution is 5.96. The number of nitrogens with one attached hydrogen (secondary N) is 2. The highest BCUT2D eigenvalue weighted by atomic mass is 16.3. The van der Waals surface area contributed by atoms with E-state index in [1.54, 1.807) is 6.07 Å². The Morgan fingerprint density at radius 2 is 2.16 bits per heavy atom. The summed E-state index contributed by atoms with van der Waals surface area (Å²) in [5.41, 5.74) is 2.16. The molecule has 1 aromatic carbocycles. The van der Waals surface area contributed by atoms with Gasteiger partial charge in [-0.05, 0) is 56.5 Å². The van der Waals surface area contributed by atoms with E-state index in [1.165, 1.54) is 0 Å². The fourth-order valence-corrected chi connectivity index (χ4v) is 2.59. The lowest BCUT2D eigenvalue weighted by Crippen LogP contribution is -2.37. The van der Waals surface area contributed by atoms with Crippen LogP contribution in [0.4, 0.5) is 5.69 Å². The van der Waals surface area contributed by atoms with Crippen molar-refractivity contribution in [1.82, 2.24) is 5.32 Å². The molecule has 0 saturated carbocycles. The van der Waals surface area contributed by atoms with E-state index in [1.807, 2.05) is 19.9 Å². The number of aromatic hydroxyl groups is 1. The quantitative estimate of drug-likeness (QED) is 0.733. The third-order valence-electron chi connectivity index (χ3n) is 4.19. The molecule has 19 heavy (non-hydrogen) atoms. The second kappa shape index (κ2) is 5.21. The first-order chi connectivity index (χ1) is 8.98. The zero-order valence-corrected chi connectivity index (χ0v) is 11.8. The first-order valence-corrected chi connectivity index (χ1v) is 6.81. The average Bonchev–Trinajstić information content (AvgIpc) is 2.86. The number of anilines is 1. The van der Waals surface area contributed by atoms with E-state index in [0.717, 1.165) is 42.7 Å². The van der Waals surface area contributed by atoms with E-state index in [4.69, 9.17) is 0 Å². The maximum absolute atomic E-state index is 12.5. The van der Waals surface area contributed by atoms with E-state index >= 15 is 0 Å². The molecule has 1 atom stereocenters. The van der Waals surface area contributed by atoms with Crippen molar-refractivity contribution < 1.29 is 9.90 Å². The zero-order chi connectivity index (χ0) is 14.0. The molecule has 1 aliphatic rings. The summed E-state index contributed by atoms with van der Waals surface area (Å²) >= 11 is 0. The largest absolute Gasteiger partial charge is 0.508 e. The summed E-state index contributed by atoms with van der Waals surface area (Å²) in [5, 5.41) is 15.9. The Kier molecular flexibility index (Phi) is 3.80. The van der Waals surface area contributed by atoms with Crippen molar-refractivity contribution in [1.29, 1.82) is 0 Å². The third kappa shape index (κ3) is 2.59. The van der Waals surface area contributed by atoms with Crippen LogP contribution in [0, 0.1) is 19.3 Å². The molecule has 1 amide bonds. The molecular formula is C15H22N2O2. The van der Waals surface area contributed by atoms with Gasteiger partial charge < -0.3 is 15.7 Å². The summed E-state index contributed by atoms with van der Waals surface area (Å²) in [6.45, 7) is 7.42. The van der Waals surface area contributed by atoms with Crippen LogP contribution in [-0.4, -0.2) is 24.1 Å². The van der Waals surface area contributed by atoms with Gasteiger partial charge in [-0.15, -0.1) is 0 Å². The molecule has 4 heteroatoms. The molecule has 1 aliphatic heterocycles. The molecule has 0 spiro atoms. The van der Waals surface area contributed by atoms with Crippen LogP contribution in [0.2, 0.25) is 0 Å². The lowest BCUT2D eigenvalue weighted by atomic mass is 9.83. The fourth-order valence-electron chi connectivity index (χ4n) is 2.59. The number of rotatable bonds is 3. The monoisotopic (exact) mass is 262 g/mol. The number of hydrogen-bond donors (Lipinski definition) is 3. The summed E-state index contributed by atoms with van der Waals surface area (Å²) in [6, 6.07) is 3.52. The number of carbonyl (C=O) groups is 1. The zero-order valence-electron chi connectivity index (χ0n) is 11.8. The van der Waals surface area contributed by atoms with Crippen LogP contribution in [-0.2, 0) is 4.79 Å². The second-order valence-electron chi connectivity index (χ2n) is 5.47. The van der Waals surface area contributed by atoms with E-state index in [0.29, 0.717) is 0 Å². The molecule has 1 unspecified atom stereocenters. The molecule has 0 aromatic heterocycles. The van der Waals surface area contributed by atoms with Gasteiger partial charge in [-0.2, -0.15) is 0 Å². The smallest absolute Gasteiger partial charge is 0.231 e. The minimum atomic E-state index is -0.293. The number of hydrogen-bond acceptors (Lipinski definition) is 3. The van der Waals surface area contributed by atoms with Gasteiger partial charge in [-0.25, -0.2) is 0 Å². The first kappa shape index (κ1) is 13.9. The molecule has 104 valence electrons. The van der Waals surface area contributed by atoms with E-state index in [9.17, 15) is 9.90 Å². The van der Waals surface area contributed by atoms with Gasteiger partial charge in [0, 0.05) is 12.2 Å². The standard InChI is InChI=1S/C15H22N2O2/c1-4-15(5-6-16-9-15)14(19)17-12-7-11(3)13(18)8-10(12)2/h7-8,16,18H,4-6,9H2,1-3H3,(H,17,19). The molecular weight excluding hydrogens is 240 g/mol. The molecule has 1 fully saturated rings. The van der Waals surface area contributed by atoms with Crippen molar-refractivity contribution in [2.24, 2.45) is 5.41 Å². The van der Waals surface area contributed by atoms with Gasteiger partial charge in [0.1, 0.15) is 5.75 Å². The van der Waals surface area contributed by atoms with Crippen molar-refractivity contribution in [3.8, 4) is 5.75 Å². The Hall–Kier alpha value is -1.55. The number of aryl methyl sites for hydroxylation is 2. The van der Waals surface area contributed by atoms with E-state index in [2.05, 4.69) is 17.6 Å². The van der Waals surface area contributed by atoms with Crippen LogP contribution in [0.1, 0.15) is 30.9 Å². The number of benzene rings is 1. The minimum absolute atomic E-state index is 0.0770. The predicted octanol–water partition coefficient (Wildman–Crippen LogP) is 2.34. The summed E-state index contributed by atoms with van der Waals surface area (Å²) in [7, 11) is 0. The number of amides is 1. The van der Waals surface area contributed by atoms with Gasteiger partial charge in [-0.1, -0.05) is 6.92 Å². The molecule has 2 rings (SSSR count). The maximum atomic E-state index is 12.5. The summed E-state index contributed by atoms with van der Waals surface area (Å²) < 4.78 is 0. The van der Waals surface area contributed by atoms with Crippen LogP contribution in [0.3, 0.4) is 0 Å². The van der Waals surface area contributed by atoms with Crippen molar-refractivity contribution in [3.63, 3.8) is 0 Å². The molecule has 1 saturated heterocycles. The van der Waals surface area contributed by atoms with E-state index in [-0.39, 0.29) is 17.1 Å². The summed E-state index contributed by atoms with van der Waals surface area (Å²) in [5.74, 6) is 0.344. The Labute approximate surface area is 114 Å². The van der Waals surface area contributed by atoms with Crippen molar-refractivity contribution in [2.75, 3.05) is 18.4 Å². The number of carbonyl (C=O) groups excluding carboxylic acids is 1. The molecule has 0 bridgehead atoms. The minimum Gasteiger partial charge on any atom is -0.508 e. The Balaban J connectivity index is 2.21. The van der Waals surface area contributed by atoms with Crippen LogP contribution in [0.5, 0.6) is 5.75 Å². The summed E-state index contributed by atoms with van der Waals surface area (Å²) in [6.07, 6.45) is 1.72. The van der Waals surface area contributed by atoms with Crippen molar-refractivity contribution in [3.05, 3.63) is 23.3 Å². The van der Waals surface area contributed by atoms with Gasteiger partial charge in [-0.3, -0.25) is 4.79 Å². The summed E-state index contributed by atoms with van der Waals surface area (Å²) in [4.78, 5) is 12.5. The molecule has 0 aliphatic carbocycles. The second-order valence-corrected chi connectivity index (χ2v) is 5.47. The SMILES string of the molecule is CCC1(C(=O)Nc2cc(C)c(O)cc2C)CCNC1. The molecule has 3 N–H and O–H groups in total. The van der Waals surface area contributed by atoms with Crippen LogP contribution < -0.4 is 10.6 Å². The maximum Gasteiger partial charge on any atom is 0.231 e. The van der Waals surface area contributed by atoms with Crippen molar-refractivity contribution >= 4 is 11.6 Å². The number of phenolic OH excluding ortho intramolecular Hbond substituents is 1. The van der Waals surface area contributed by atoms with Gasteiger partial charge in [0.2, 0.25) is 5.91 Å². The van der Waals surface area contributed by atoms with E-state index < -0.39 is 0 Å². The molecule has 0 radical (unpaired) electrons. The lowest BCUT2D eigenvalue weighted by Gasteiger charge is -2.25. The molecule has 1 aromatic rings. The van der Waals surface area contributed by atoms with Gasteiger partial charge in [0.05, 0.1) is 5.41 Å². The predicted molar refractivity (Wildman–Crippen MR) is 76.4 cm³/mol. The first-order valence-electron chi connectivity index (χ1n) is 6.81. The number of phenols is 1. The van der Waals surface area contributed by atoms with Crippen LogP contribution in [0.25, 0.3) is 0 Å². The van der Waals surface area contributed by atoms with Crippen LogP contribution in [0.15, 0.2) is 12.1 Å². The Morgan fingerprint density at radius 1 is 1.42 bits per heavy atom. The van der Waals surface area contributed by atoms with Gasteiger partial charge in [0.15, 0.2) is 0 Å². The normalized spacial score (nSPS) is 22.5. The highest BCUT2D eigenvalue weighted by Crippen LogP contribution is 2.32. The van der Waals surface area contributed by atoms with Gasteiger partial charge in [0.25, 0.3) is 0 Å².